The van der Waals surface area contributed by atoms with E-state index in [0.29, 0.717) is 24.0 Å². The molecule has 1 aromatic heterocycles. The fourth-order valence-electron chi connectivity index (χ4n) is 3.40. The molecular formula is C16H25ClN2O. The second kappa shape index (κ2) is 6.88. The van der Waals surface area contributed by atoms with Crippen LogP contribution in [-0.4, -0.2) is 29.8 Å². The second-order valence-electron chi connectivity index (χ2n) is 5.82. The van der Waals surface area contributed by atoms with Gasteiger partial charge in [-0.25, -0.2) is 0 Å². The van der Waals surface area contributed by atoms with Crippen molar-refractivity contribution >= 4 is 11.6 Å². The summed E-state index contributed by atoms with van der Waals surface area (Å²) in [7, 11) is 0. The van der Waals surface area contributed by atoms with E-state index >= 15 is 0 Å². The lowest BCUT2D eigenvalue weighted by Crippen LogP contribution is -2.43. The third-order valence-corrected chi connectivity index (χ3v) is 4.89. The van der Waals surface area contributed by atoms with E-state index in [2.05, 4.69) is 38.0 Å². The first-order valence-corrected chi connectivity index (χ1v) is 7.89. The normalized spacial score (nSPS) is 31.4. The monoisotopic (exact) mass is 296 g/mol. The van der Waals surface area contributed by atoms with Gasteiger partial charge < -0.3 is 10.1 Å². The van der Waals surface area contributed by atoms with Crippen LogP contribution in [0.5, 0.6) is 0 Å². The molecule has 0 amide bonds. The van der Waals surface area contributed by atoms with E-state index in [1.165, 1.54) is 0 Å². The fourth-order valence-corrected chi connectivity index (χ4v) is 3.60. The predicted octanol–water partition coefficient (Wildman–Crippen LogP) is 3.32. The summed E-state index contributed by atoms with van der Waals surface area (Å²) in [5.74, 6) is 1.06. The van der Waals surface area contributed by atoms with E-state index < -0.39 is 0 Å². The highest BCUT2D eigenvalue weighted by Gasteiger charge is 2.41. The Morgan fingerprint density at radius 2 is 2.10 bits per heavy atom. The van der Waals surface area contributed by atoms with Gasteiger partial charge in [0.05, 0.1) is 17.2 Å². The van der Waals surface area contributed by atoms with Crippen LogP contribution in [0.15, 0.2) is 18.5 Å². The van der Waals surface area contributed by atoms with Crippen LogP contribution in [0.4, 0.5) is 0 Å². The number of aromatic nitrogens is 1. The molecule has 1 aliphatic heterocycles. The Morgan fingerprint density at radius 3 is 2.65 bits per heavy atom. The highest BCUT2D eigenvalue weighted by atomic mass is 35.5. The molecule has 3 nitrogen and oxygen atoms in total. The molecule has 1 fully saturated rings. The van der Waals surface area contributed by atoms with Gasteiger partial charge in [-0.2, -0.15) is 0 Å². The molecule has 20 heavy (non-hydrogen) atoms. The standard InChI is InChI=1S/C16H25ClN2O/c1-5-19-15(8-13-6-7-18-9-14(13)17)16-10(2)11(3)20-12(16)4/h6-7,9-12,15-16,19H,5,8H2,1-4H3. The summed E-state index contributed by atoms with van der Waals surface area (Å²) in [6.07, 6.45) is 5.06. The minimum atomic E-state index is 0.282. The topological polar surface area (TPSA) is 34.2 Å². The smallest absolute Gasteiger partial charge is 0.0621 e. The molecule has 2 heterocycles. The molecular weight excluding hydrogens is 272 g/mol. The Bertz CT molecular complexity index is 440. The quantitative estimate of drug-likeness (QED) is 0.905. The number of halogens is 1. The van der Waals surface area contributed by atoms with Crippen LogP contribution >= 0.6 is 11.6 Å². The Morgan fingerprint density at radius 1 is 1.35 bits per heavy atom. The van der Waals surface area contributed by atoms with E-state index in [4.69, 9.17) is 16.3 Å². The van der Waals surface area contributed by atoms with Crippen LogP contribution in [0.1, 0.15) is 33.3 Å². The maximum absolute atomic E-state index is 6.26. The van der Waals surface area contributed by atoms with Gasteiger partial charge in [-0.05, 0) is 44.4 Å². The van der Waals surface area contributed by atoms with Crippen LogP contribution in [0.2, 0.25) is 5.02 Å². The highest BCUT2D eigenvalue weighted by molar-refractivity contribution is 6.31. The van der Waals surface area contributed by atoms with Gasteiger partial charge in [0.2, 0.25) is 0 Å². The molecule has 2 rings (SSSR count). The molecule has 112 valence electrons. The van der Waals surface area contributed by atoms with E-state index in [9.17, 15) is 0 Å². The molecule has 0 aliphatic carbocycles. The Hall–Kier alpha value is -0.640. The zero-order valence-electron chi connectivity index (χ0n) is 12.8. The summed E-state index contributed by atoms with van der Waals surface area (Å²) >= 11 is 6.26. The number of hydrogen-bond acceptors (Lipinski definition) is 3. The molecule has 0 spiro atoms. The van der Waals surface area contributed by atoms with Crippen molar-refractivity contribution in [1.29, 1.82) is 0 Å². The molecule has 0 saturated carbocycles. The summed E-state index contributed by atoms with van der Waals surface area (Å²) in [4.78, 5) is 4.06. The van der Waals surface area contributed by atoms with Gasteiger partial charge in [-0.1, -0.05) is 25.4 Å². The van der Waals surface area contributed by atoms with Gasteiger partial charge in [-0.3, -0.25) is 4.98 Å². The zero-order valence-corrected chi connectivity index (χ0v) is 13.5. The lowest BCUT2D eigenvalue weighted by Gasteiger charge is -2.30. The third kappa shape index (κ3) is 3.33. The SMILES string of the molecule is CCNC(Cc1ccncc1Cl)C1C(C)OC(C)C1C. The van der Waals surface area contributed by atoms with Crippen LogP contribution < -0.4 is 5.32 Å². The van der Waals surface area contributed by atoms with E-state index in [1.807, 2.05) is 12.3 Å². The van der Waals surface area contributed by atoms with Gasteiger partial charge in [0.1, 0.15) is 0 Å². The first-order chi connectivity index (χ1) is 9.54. The first-order valence-electron chi connectivity index (χ1n) is 7.51. The summed E-state index contributed by atoms with van der Waals surface area (Å²) in [6.45, 7) is 9.75. The Balaban J connectivity index is 2.17. The highest BCUT2D eigenvalue weighted by Crippen LogP contribution is 2.36. The molecule has 5 unspecified atom stereocenters. The van der Waals surface area contributed by atoms with Gasteiger partial charge in [0.15, 0.2) is 0 Å². The largest absolute Gasteiger partial charge is 0.375 e. The van der Waals surface area contributed by atoms with Crippen molar-refractivity contribution in [3.8, 4) is 0 Å². The number of nitrogens with one attached hydrogen (secondary N) is 1. The summed E-state index contributed by atoms with van der Waals surface area (Å²) in [5.41, 5.74) is 1.16. The molecule has 1 aliphatic rings. The van der Waals surface area contributed by atoms with E-state index in [0.717, 1.165) is 23.6 Å². The van der Waals surface area contributed by atoms with Crippen LogP contribution in [0.25, 0.3) is 0 Å². The molecule has 1 N–H and O–H groups in total. The average Bonchev–Trinajstić information content (AvgIpc) is 2.65. The van der Waals surface area contributed by atoms with E-state index in [1.54, 1.807) is 6.20 Å². The van der Waals surface area contributed by atoms with Gasteiger partial charge >= 0.3 is 0 Å². The maximum Gasteiger partial charge on any atom is 0.0621 e. The molecule has 0 bridgehead atoms. The van der Waals surface area contributed by atoms with Gasteiger partial charge in [-0.15, -0.1) is 0 Å². The minimum Gasteiger partial charge on any atom is -0.375 e. The van der Waals surface area contributed by atoms with Crippen molar-refractivity contribution in [2.24, 2.45) is 11.8 Å². The maximum atomic E-state index is 6.26. The minimum absolute atomic E-state index is 0.282. The van der Waals surface area contributed by atoms with Crippen LogP contribution in [-0.2, 0) is 11.2 Å². The van der Waals surface area contributed by atoms with E-state index in [-0.39, 0.29) is 6.10 Å². The van der Waals surface area contributed by atoms with Crippen molar-refractivity contribution in [1.82, 2.24) is 10.3 Å². The number of nitrogens with zero attached hydrogens (tertiary/aromatic N) is 1. The molecule has 1 saturated heterocycles. The number of likely N-dealkylation sites (N-methyl/N-ethyl adjacent to an activating group) is 1. The lowest BCUT2D eigenvalue weighted by molar-refractivity contribution is 0.0476. The van der Waals surface area contributed by atoms with Crippen molar-refractivity contribution in [3.63, 3.8) is 0 Å². The summed E-state index contributed by atoms with van der Waals surface area (Å²) in [6, 6.07) is 2.40. The van der Waals surface area contributed by atoms with Crippen molar-refractivity contribution in [2.75, 3.05) is 6.54 Å². The Labute approximate surface area is 127 Å². The van der Waals surface area contributed by atoms with Crippen LogP contribution in [0.3, 0.4) is 0 Å². The molecule has 0 aromatic carbocycles. The van der Waals surface area contributed by atoms with Crippen molar-refractivity contribution in [2.45, 2.75) is 52.4 Å². The number of rotatable bonds is 5. The zero-order chi connectivity index (χ0) is 14.7. The number of pyridine rings is 1. The van der Waals surface area contributed by atoms with Gasteiger partial charge in [0.25, 0.3) is 0 Å². The van der Waals surface area contributed by atoms with Crippen LogP contribution in [0, 0.1) is 11.8 Å². The molecule has 5 atom stereocenters. The van der Waals surface area contributed by atoms with Gasteiger partial charge in [0, 0.05) is 24.4 Å². The van der Waals surface area contributed by atoms with Crippen molar-refractivity contribution in [3.05, 3.63) is 29.0 Å². The fraction of sp³-hybridized carbons (Fsp3) is 0.688. The Kier molecular flexibility index (Phi) is 5.42. The van der Waals surface area contributed by atoms with Crippen molar-refractivity contribution < 1.29 is 4.74 Å². The number of ether oxygens (including phenoxy) is 1. The molecule has 4 heteroatoms. The average molecular weight is 297 g/mol. The summed E-state index contributed by atoms with van der Waals surface area (Å²) < 4.78 is 6.00. The summed E-state index contributed by atoms with van der Waals surface area (Å²) in [5, 5.41) is 4.38. The second-order valence-corrected chi connectivity index (χ2v) is 6.23. The number of hydrogen-bond donors (Lipinski definition) is 1. The third-order valence-electron chi connectivity index (χ3n) is 4.55. The first kappa shape index (κ1) is 15.7. The lowest BCUT2D eigenvalue weighted by atomic mass is 9.81. The molecule has 0 radical (unpaired) electrons. The molecule has 1 aromatic rings. The predicted molar refractivity (Wildman–Crippen MR) is 83.1 cm³/mol.